The van der Waals surface area contributed by atoms with Crippen LogP contribution in [0.4, 0.5) is 0 Å². The Hall–Kier alpha value is -2.15. The van der Waals surface area contributed by atoms with Gasteiger partial charge in [0, 0.05) is 17.6 Å². The van der Waals surface area contributed by atoms with Gasteiger partial charge < -0.3 is 10.6 Å². The Morgan fingerprint density at radius 1 is 1.23 bits per heavy atom. The first-order chi connectivity index (χ1) is 13.5. The summed E-state index contributed by atoms with van der Waals surface area (Å²) in [5, 5.41) is 11.9. The summed E-state index contributed by atoms with van der Waals surface area (Å²) in [6.45, 7) is 8.17. The summed E-state index contributed by atoms with van der Waals surface area (Å²) in [4.78, 5) is 18.1. The number of fused-ring (bicyclic) bond motifs is 1. The molecule has 1 aliphatic heterocycles. The van der Waals surface area contributed by atoms with E-state index < -0.39 is 0 Å². The van der Waals surface area contributed by atoms with Crippen LogP contribution in [0.2, 0.25) is 0 Å². The first-order valence-corrected chi connectivity index (χ1v) is 10.00. The standard InChI is InChI=1S/C22H27N5O.2ClH/c1-14(2)27-21-18(13-24-27)17(11-20(25-21)16-7-5-4-6-8-16)22(28)26-19-9-10-23-12-15(19)3;;/h4-8,11,13-15,19,23H,9-10,12H2,1-3H3,(H,26,28);2*1H. The highest BCUT2D eigenvalue weighted by atomic mass is 35.5. The van der Waals surface area contributed by atoms with Gasteiger partial charge in [-0.2, -0.15) is 5.10 Å². The number of nitrogens with zero attached hydrogens (tertiary/aromatic N) is 3. The monoisotopic (exact) mass is 449 g/mol. The molecule has 8 heteroatoms. The number of carbonyl (C=O) groups is 1. The van der Waals surface area contributed by atoms with Gasteiger partial charge in [-0.1, -0.05) is 37.3 Å². The van der Waals surface area contributed by atoms with Gasteiger partial charge in [0.2, 0.25) is 0 Å². The van der Waals surface area contributed by atoms with Crippen molar-refractivity contribution < 1.29 is 4.79 Å². The molecule has 0 bridgehead atoms. The number of amides is 1. The summed E-state index contributed by atoms with van der Waals surface area (Å²) >= 11 is 0. The third-order valence-electron chi connectivity index (χ3n) is 5.47. The van der Waals surface area contributed by atoms with Crippen LogP contribution in [0, 0.1) is 5.92 Å². The Kier molecular flexibility index (Phi) is 8.24. The number of hydrogen-bond donors (Lipinski definition) is 2. The van der Waals surface area contributed by atoms with E-state index in [1.807, 2.05) is 41.1 Å². The van der Waals surface area contributed by atoms with E-state index in [4.69, 9.17) is 4.98 Å². The smallest absolute Gasteiger partial charge is 0.252 e. The number of piperidine rings is 1. The SMILES string of the molecule is CC1CNCCC1NC(=O)c1cc(-c2ccccc2)nc2c1cnn2C(C)C.Cl.Cl. The second-order valence-electron chi connectivity index (χ2n) is 7.89. The van der Waals surface area contributed by atoms with E-state index in [1.54, 1.807) is 6.20 Å². The summed E-state index contributed by atoms with van der Waals surface area (Å²) in [5.74, 6) is 0.355. The van der Waals surface area contributed by atoms with Crippen molar-refractivity contribution in [3.63, 3.8) is 0 Å². The van der Waals surface area contributed by atoms with Crippen molar-refractivity contribution in [2.75, 3.05) is 13.1 Å². The summed E-state index contributed by atoms with van der Waals surface area (Å²) in [6, 6.07) is 12.2. The predicted octanol–water partition coefficient (Wildman–Crippen LogP) is 4.25. The van der Waals surface area contributed by atoms with Crippen molar-refractivity contribution in [3.8, 4) is 11.3 Å². The average Bonchev–Trinajstić information content (AvgIpc) is 3.14. The van der Waals surface area contributed by atoms with Crippen molar-refractivity contribution in [2.24, 2.45) is 5.92 Å². The lowest BCUT2D eigenvalue weighted by molar-refractivity contribution is 0.0916. The fourth-order valence-electron chi connectivity index (χ4n) is 3.82. The minimum Gasteiger partial charge on any atom is -0.349 e. The zero-order valence-corrected chi connectivity index (χ0v) is 19.1. The van der Waals surface area contributed by atoms with Crippen LogP contribution >= 0.6 is 24.8 Å². The Balaban J connectivity index is 0.00000160. The highest BCUT2D eigenvalue weighted by molar-refractivity contribution is 6.06. The summed E-state index contributed by atoms with van der Waals surface area (Å²) < 4.78 is 1.88. The first-order valence-electron chi connectivity index (χ1n) is 10.00. The van der Waals surface area contributed by atoms with Crippen molar-refractivity contribution in [1.29, 1.82) is 0 Å². The number of pyridine rings is 1. The number of benzene rings is 1. The van der Waals surface area contributed by atoms with Crippen LogP contribution in [0.5, 0.6) is 0 Å². The van der Waals surface area contributed by atoms with Crippen LogP contribution < -0.4 is 10.6 Å². The normalized spacial score (nSPS) is 18.5. The molecule has 0 spiro atoms. The maximum absolute atomic E-state index is 13.2. The summed E-state index contributed by atoms with van der Waals surface area (Å²) in [7, 11) is 0. The van der Waals surface area contributed by atoms with Gasteiger partial charge in [-0.15, -0.1) is 24.8 Å². The number of aromatic nitrogens is 3. The molecule has 2 aromatic heterocycles. The topological polar surface area (TPSA) is 71.8 Å². The van der Waals surface area contributed by atoms with Crippen molar-refractivity contribution in [1.82, 2.24) is 25.4 Å². The highest BCUT2D eigenvalue weighted by Crippen LogP contribution is 2.26. The lowest BCUT2D eigenvalue weighted by Gasteiger charge is -2.30. The Morgan fingerprint density at radius 2 is 1.97 bits per heavy atom. The molecule has 1 aliphatic rings. The van der Waals surface area contributed by atoms with Gasteiger partial charge in [0.15, 0.2) is 5.65 Å². The molecule has 1 amide bonds. The molecule has 1 fully saturated rings. The number of rotatable bonds is 4. The zero-order valence-electron chi connectivity index (χ0n) is 17.5. The third-order valence-corrected chi connectivity index (χ3v) is 5.47. The van der Waals surface area contributed by atoms with Crippen molar-refractivity contribution >= 4 is 41.8 Å². The quantitative estimate of drug-likeness (QED) is 0.624. The molecule has 6 nitrogen and oxygen atoms in total. The largest absolute Gasteiger partial charge is 0.349 e. The molecular formula is C22H29Cl2N5O. The lowest BCUT2D eigenvalue weighted by Crippen LogP contribution is -2.48. The molecular weight excluding hydrogens is 421 g/mol. The molecule has 1 aromatic carbocycles. The molecule has 2 N–H and O–H groups in total. The van der Waals surface area contributed by atoms with Crippen LogP contribution in [-0.2, 0) is 0 Å². The third kappa shape index (κ3) is 4.77. The van der Waals surface area contributed by atoms with Crippen molar-refractivity contribution in [2.45, 2.75) is 39.3 Å². The van der Waals surface area contributed by atoms with E-state index in [-0.39, 0.29) is 42.8 Å². The van der Waals surface area contributed by atoms with Gasteiger partial charge in [0.1, 0.15) is 0 Å². The van der Waals surface area contributed by atoms with Crippen molar-refractivity contribution in [3.05, 3.63) is 48.2 Å². The van der Waals surface area contributed by atoms with Crippen LogP contribution in [0.25, 0.3) is 22.3 Å². The maximum Gasteiger partial charge on any atom is 0.252 e. The Morgan fingerprint density at radius 3 is 2.63 bits per heavy atom. The van der Waals surface area contributed by atoms with Gasteiger partial charge >= 0.3 is 0 Å². The first kappa shape index (κ1) is 24.1. The van der Waals surface area contributed by atoms with Gasteiger partial charge in [-0.25, -0.2) is 9.67 Å². The van der Waals surface area contributed by atoms with E-state index in [0.29, 0.717) is 11.5 Å². The molecule has 3 aromatic rings. The van der Waals surface area contributed by atoms with Crippen LogP contribution in [-0.4, -0.2) is 39.8 Å². The van der Waals surface area contributed by atoms with E-state index in [9.17, 15) is 4.79 Å². The van der Waals surface area contributed by atoms with E-state index >= 15 is 0 Å². The number of nitrogens with one attached hydrogen (secondary N) is 2. The molecule has 4 rings (SSSR count). The minimum absolute atomic E-state index is 0. The fraction of sp³-hybridized carbons (Fsp3) is 0.409. The molecule has 30 heavy (non-hydrogen) atoms. The predicted molar refractivity (Wildman–Crippen MR) is 126 cm³/mol. The molecule has 162 valence electrons. The lowest BCUT2D eigenvalue weighted by atomic mass is 9.95. The van der Waals surface area contributed by atoms with E-state index in [2.05, 4.69) is 36.5 Å². The second-order valence-corrected chi connectivity index (χ2v) is 7.89. The van der Waals surface area contributed by atoms with E-state index in [1.165, 1.54) is 0 Å². The van der Waals surface area contributed by atoms with Crippen LogP contribution in [0.3, 0.4) is 0 Å². The Bertz CT molecular complexity index is 990. The molecule has 0 radical (unpaired) electrons. The average molecular weight is 450 g/mol. The van der Waals surface area contributed by atoms with Gasteiger partial charge in [0.25, 0.3) is 5.91 Å². The number of carbonyl (C=O) groups excluding carboxylic acids is 1. The van der Waals surface area contributed by atoms with E-state index in [0.717, 1.165) is 41.8 Å². The number of halogens is 2. The zero-order chi connectivity index (χ0) is 19.7. The fourth-order valence-corrected chi connectivity index (χ4v) is 3.82. The van der Waals surface area contributed by atoms with Crippen LogP contribution in [0.1, 0.15) is 43.6 Å². The highest BCUT2D eigenvalue weighted by Gasteiger charge is 2.25. The Labute approximate surface area is 189 Å². The number of hydrogen-bond acceptors (Lipinski definition) is 4. The second kappa shape index (κ2) is 10.2. The van der Waals surface area contributed by atoms with Gasteiger partial charge in [-0.05, 0) is 45.3 Å². The molecule has 0 saturated carbocycles. The van der Waals surface area contributed by atoms with Gasteiger partial charge in [-0.3, -0.25) is 4.79 Å². The minimum atomic E-state index is -0.0494. The summed E-state index contributed by atoms with van der Waals surface area (Å²) in [5.41, 5.74) is 3.17. The molecule has 0 aliphatic carbocycles. The van der Waals surface area contributed by atoms with Crippen LogP contribution in [0.15, 0.2) is 42.6 Å². The molecule has 2 atom stereocenters. The maximum atomic E-state index is 13.2. The molecule has 3 heterocycles. The van der Waals surface area contributed by atoms with Gasteiger partial charge in [0.05, 0.1) is 22.8 Å². The molecule has 1 saturated heterocycles. The molecule has 2 unspecified atom stereocenters. The summed E-state index contributed by atoms with van der Waals surface area (Å²) in [6.07, 6.45) is 2.70.